The lowest BCUT2D eigenvalue weighted by atomic mass is 10.1. The van der Waals surface area contributed by atoms with E-state index in [-0.39, 0.29) is 11.8 Å². The van der Waals surface area contributed by atoms with Gasteiger partial charge in [-0.2, -0.15) is 0 Å². The molecule has 1 aromatic rings. The minimum absolute atomic E-state index is 0.0140. The highest BCUT2D eigenvalue weighted by Gasteiger charge is 2.26. The van der Waals surface area contributed by atoms with Gasteiger partial charge in [-0.15, -0.1) is 0 Å². The van der Waals surface area contributed by atoms with E-state index in [4.69, 9.17) is 16.3 Å². The number of fused-ring (bicyclic) bond motifs is 1. The summed E-state index contributed by atoms with van der Waals surface area (Å²) in [6.45, 7) is 3.55. The van der Waals surface area contributed by atoms with E-state index < -0.39 is 0 Å². The minimum atomic E-state index is -0.0140. The number of carbonyl (C=O) groups excluding carboxylic acids is 2. The summed E-state index contributed by atoms with van der Waals surface area (Å²) in [5.41, 5.74) is 1.85. The molecule has 2 fully saturated rings. The Labute approximate surface area is 169 Å². The van der Waals surface area contributed by atoms with E-state index in [0.29, 0.717) is 37.3 Å². The second kappa shape index (κ2) is 8.37. The summed E-state index contributed by atoms with van der Waals surface area (Å²) in [5, 5.41) is 3.66. The van der Waals surface area contributed by atoms with Crippen LogP contribution in [-0.4, -0.2) is 67.0 Å². The molecule has 2 heterocycles. The summed E-state index contributed by atoms with van der Waals surface area (Å²) in [6.07, 6.45) is 7.59. The van der Waals surface area contributed by atoms with E-state index in [1.54, 1.807) is 12.1 Å². The summed E-state index contributed by atoms with van der Waals surface area (Å²) in [5.74, 6) is 0.876. The Balaban J connectivity index is 1.27. The van der Waals surface area contributed by atoms with E-state index >= 15 is 0 Å². The van der Waals surface area contributed by atoms with Crippen molar-refractivity contribution in [2.45, 2.75) is 18.9 Å². The third kappa shape index (κ3) is 4.94. The second-order valence-electron chi connectivity index (χ2n) is 7.47. The molecule has 2 aliphatic heterocycles. The van der Waals surface area contributed by atoms with Crippen molar-refractivity contribution < 1.29 is 14.3 Å². The van der Waals surface area contributed by atoms with Crippen molar-refractivity contribution in [1.29, 1.82) is 0 Å². The van der Waals surface area contributed by atoms with Gasteiger partial charge in [-0.1, -0.05) is 17.7 Å². The van der Waals surface area contributed by atoms with Crippen LogP contribution in [0.1, 0.15) is 18.4 Å². The van der Waals surface area contributed by atoms with Crippen molar-refractivity contribution in [3.63, 3.8) is 0 Å². The fraction of sp³-hybridized carbons (Fsp3) is 0.429. The van der Waals surface area contributed by atoms with E-state index in [1.165, 1.54) is 0 Å². The van der Waals surface area contributed by atoms with Crippen molar-refractivity contribution in [2.75, 3.05) is 39.3 Å². The highest BCUT2D eigenvalue weighted by molar-refractivity contribution is 6.30. The molecule has 7 heteroatoms. The summed E-state index contributed by atoms with van der Waals surface area (Å²) in [4.78, 5) is 28.3. The van der Waals surface area contributed by atoms with E-state index in [2.05, 4.69) is 10.2 Å². The number of halogens is 1. The summed E-state index contributed by atoms with van der Waals surface area (Å²) < 4.78 is 5.70. The smallest absolute Gasteiger partial charge is 0.246 e. The standard InChI is InChI=1S/C21H24ClN3O3/c22-17-2-5-19-16(12-17)11-15(14-28-19)1-6-21(27)25-9-7-24(8-10-25)13-20(26)23-18-3-4-18/h1-2,5-6,11-12,18H,3-4,7-10,13-14H2,(H,23,26)/b6-1-. The third-order valence-corrected chi connectivity index (χ3v) is 5.38. The van der Waals surface area contributed by atoms with Gasteiger partial charge in [0.1, 0.15) is 12.4 Å². The quantitative estimate of drug-likeness (QED) is 0.767. The van der Waals surface area contributed by atoms with Gasteiger partial charge in [0.25, 0.3) is 0 Å². The Hall–Kier alpha value is -2.31. The molecule has 148 valence electrons. The van der Waals surface area contributed by atoms with E-state index in [0.717, 1.165) is 42.8 Å². The third-order valence-electron chi connectivity index (χ3n) is 5.14. The number of rotatable bonds is 5. The predicted octanol–water partition coefficient (Wildman–Crippen LogP) is 2.09. The number of benzene rings is 1. The topological polar surface area (TPSA) is 61.9 Å². The van der Waals surface area contributed by atoms with Crippen molar-refractivity contribution in [3.8, 4) is 5.75 Å². The highest BCUT2D eigenvalue weighted by Crippen LogP contribution is 2.29. The lowest BCUT2D eigenvalue weighted by Crippen LogP contribution is -2.51. The average molecular weight is 402 g/mol. The SMILES string of the molecule is O=C(CN1CCN(C(=O)/C=C\C2=Cc3cc(Cl)ccc3OC2)CC1)NC1CC1. The zero-order chi connectivity index (χ0) is 19.5. The zero-order valence-electron chi connectivity index (χ0n) is 15.7. The van der Waals surface area contributed by atoms with Gasteiger partial charge in [-0.3, -0.25) is 14.5 Å². The van der Waals surface area contributed by atoms with Crippen LogP contribution in [0.25, 0.3) is 6.08 Å². The summed E-state index contributed by atoms with van der Waals surface area (Å²) >= 11 is 6.03. The van der Waals surface area contributed by atoms with Crippen LogP contribution >= 0.6 is 11.6 Å². The molecule has 0 unspecified atom stereocenters. The van der Waals surface area contributed by atoms with E-state index in [9.17, 15) is 9.59 Å². The first-order valence-electron chi connectivity index (χ1n) is 9.68. The Morgan fingerprint density at radius 3 is 2.75 bits per heavy atom. The van der Waals surface area contributed by atoms with E-state index in [1.807, 2.05) is 29.2 Å². The minimum Gasteiger partial charge on any atom is -0.488 e. The molecule has 1 aliphatic carbocycles. The van der Waals surface area contributed by atoms with Crippen molar-refractivity contribution in [2.24, 2.45) is 0 Å². The number of nitrogens with zero attached hydrogens (tertiary/aromatic N) is 2. The van der Waals surface area contributed by atoms with Crippen molar-refractivity contribution >= 4 is 29.5 Å². The van der Waals surface area contributed by atoms with Crippen LogP contribution in [0.5, 0.6) is 5.75 Å². The van der Waals surface area contributed by atoms with Gasteiger partial charge in [0, 0.05) is 48.9 Å². The first-order chi connectivity index (χ1) is 13.6. The molecule has 0 spiro atoms. The highest BCUT2D eigenvalue weighted by atomic mass is 35.5. The van der Waals surface area contributed by atoms with Gasteiger partial charge in [-0.25, -0.2) is 0 Å². The molecule has 28 heavy (non-hydrogen) atoms. The average Bonchev–Trinajstić information content (AvgIpc) is 3.50. The fourth-order valence-electron chi connectivity index (χ4n) is 3.38. The maximum absolute atomic E-state index is 12.5. The molecule has 1 N–H and O–H groups in total. The maximum Gasteiger partial charge on any atom is 0.246 e. The lowest BCUT2D eigenvalue weighted by Gasteiger charge is -2.33. The van der Waals surface area contributed by atoms with Gasteiger partial charge in [0.15, 0.2) is 0 Å². The van der Waals surface area contributed by atoms with Crippen LogP contribution in [0.3, 0.4) is 0 Å². The molecule has 0 radical (unpaired) electrons. The molecule has 1 saturated heterocycles. The van der Waals surface area contributed by atoms with Crippen molar-refractivity contribution in [3.05, 3.63) is 46.5 Å². The second-order valence-corrected chi connectivity index (χ2v) is 7.90. The van der Waals surface area contributed by atoms with Crippen LogP contribution in [0.2, 0.25) is 5.02 Å². The molecule has 1 aromatic carbocycles. The molecule has 1 saturated carbocycles. The molecule has 6 nitrogen and oxygen atoms in total. The molecular formula is C21H24ClN3O3. The number of hydrogen-bond donors (Lipinski definition) is 1. The maximum atomic E-state index is 12.5. The number of amides is 2. The van der Waals surface area contributed by atoms with Gasteiger partial charge >= 0.3 is 0 Å². The molecule has 0 atom stereocenters. The predicted molar refractivity (Wildman–Crippen MR) is 108 cm³/mol. The number of carbonyl (C=O) groups is 2. The summed E-state index contributed by atoms with van der Waals surface area (Å²) in [6, 6.07) is 5.89. The molecule has 4 rings (SSSR count). The number of piperazine rings is 1. The monoisotopic (exact) mass is 401 g/mol. The number of hydrogen-bond acceptors (Lipinski definition) is 4. The van der Waals surface area contributed by atoms with Crippen LogP contribution in [0, 0.1) is 0 Å². The number of ether oxygens (including phenoxy) is 1. The molecule has 0 bridgehead atoms. The first kappa shape index (κ1) is 19.0. The van der Waals surface area contributed by atoms with Gasteiger partial charge in [0.2, 0.25) is 11.8 Å². The Kier molecular flexibility index (Phi) is 5.69. The number of nitrogens with one attached hydrogen (secondary N) is 1. The zero-order valence-corrected chi connectivity index (χ0v) is 16.5. The molecule has 2 amide bonds. The van der Waals surface area contributed by atoms with Gasteiger partial charge in [-0.05, 0) is 42.7 Å². The van der Waals surface area contributed by atoms with Gasteiger partial charge < -0.3 is 15.0 Å². The van der Waals surface area contributed by atoms with Crippen LogP contribution in [0.4, 0.5) is 0 Å². The fourth-order valence-corrected chi connectivity index (χ4v) is 3.56. The Morgan fingerprint density at radius 2 is 2.00 bits per heavy atom. The van der Waals surface area contributed by atoms with Crippen molar-refractivity contribution in [1.82, 2.24) is 15.1 Å². The molecule has 3 aliphatic rings. The summed E-state index contributed by atoms with van der Waals surface area (Å²) in [7, 11) is 0. The molecular weight excluding hydrogens is 378 g/mol. The molecule has 0 aromatic heterocycles. The normalized spacial score (nSPS) is 19.8. The lowest BCUT2D eigenvalue weighted by molar-refractivity contribution is -0.128. The Bertz CT molecular complexity index is 824. The Morgan fingerprint density at radius 1 is 1.21 bits per heavy atom. The van der Waals surface area contributed by atoms with Crippen LogP contribution in [0.15, 0.2) is 35.9 Å². The van der Waals surface area contributed by atoms with Gasteiger partial charge in [0.05, 0.1) is 6.54 Å². The van der Waals surface area contributed by atoms with Crippen LogP contribution in [-0.2, 0) is 9.59 Å². The largest absolute Gasteiger partial charge is 0.488 e. The van der Waals surface area contributed by atoms with Crippen LogP contribution < -0.4 is 10.1 Å². The first-order valence-corrected chi connectivity index (χ1v) is 10.1.